The van der Waals surface area contributed by atoms with Crippen molar-refractivity contribution in [3.05, 3.63) is 35.9 Å². The summed E-state index contributed by atoms with van der Waals surface area (Å²) in [5.41, 5.74) is 13.2. The maximum atomic E-state index is 12.5. The van der Waals surface area contributed by atoms with Gasteiger partial charge in [-0.25, -0.2) is 0 Å². The predicted molar refractivity (Wildman–Crippen MR) is 81.1 cm³/mol. The highest BCUT2D eigenvalue weighted by molar-refractivity contribution is 5.82. The molecule has 0 bridgehead atoms. The third-order valence-electron chi connectivity index (χ3n) is 4.24. The fraction of sp³-hybridized carbons (Fsp3) is 0.562. The fourth-order valence-electron chi connectivity index (χ4n) is 2.75. The van der Waals surface area contributed by atoms with Gasteiger partial charge in [0.2, 0.25) is 5.91 Å². The molecule has 0 saturated carbocycles. The van der Waals surface area contributed by atoms with Gasteiger partial charge in [-0.2, -0.15) is 0 Å². The number of nitrogens with zero attached hydrogens (tertiary/aromatic N) is 1. The number of piperidine rings is 1. The summed E-state index contributed by atoms with van der Waals surface area (Å²) >= 11 is 0. The molecule has 1 saturated heterocycles. The van der Waals surface area contributed by atoms with E-state index in [-0.39, 0.29) is 17.4 Å². The molecule has 2 rings (SSSR count). The Labute approximate surface area is 121 Å². The molecule has 1 fully saturated rings. The summed E-state index contributed by atoms with van der Waals surface area (Å²) in [4.78, 5) is 14.3. The van der Waals surface area contributed by atoms with Crippen LogP contribution in [0.2, 0.25) is 0 Å². The molecule has 2 unspecified atom stereocenters. The third-order valence-corrected chi connectivity index (χ3v) is 4.24. The molecule has 1 aliphatic rings. The Morgan fingerprint density at radius 3 is 2.65 bits per heavy atom. The van der Waals surface area contributed by atoms with Crippen molar-refractivity contribution in [2.24, 2.45) is 16.9 Å². The highest BCUT2D eigenvalue weighted by Crippen LogP contribution is 2.28. The zero-order valence-corrected chi connectivity index (χ0v) is 12.4. The summed E-state index contributed by atoms with van der Waals surface area (Å²) in [5.74, 6) is 0.0360. The molecule has 1 heterocycles. The maximum Gasteiger partial charge on any atom is 0.239 e. The molecule has 4 nitrogen and oxygen atoms in total. The van der Waals surface area contributed by atoms with Crippen molar-refractivity contribution in [1.82, 2.24) is 4.90 Å². The van der Waals surface area contributed by atoms with Crippen LogP contribution >= 0.6 is 0 Å². The van der Waals surface area contributed by atoms with E-state index >= 15 is 0 Å². The van der Waals surface area contributed by atoms with E-state index in [2.05, 4.69) is 13.8 Å². The van der Waals surface area contributed by atoms with Gasteiger partial charge in [0, 0.05) is 19.1 Å². The van der Waals surface area contributed by atoms with Crippen LogP contribution in [0, 0.1) is 5.41 Å². The van der Waals surface area contributed by atoms with Gasteiger partial charge in [0.15, 0.2) is 0 Å². The number of rotatable bonds is 3. The van der Waals surface area contributed by atoms with E-state index in [0.29, 0.717) is 19.5 Å². The first-order valence-corrected chi connectivity index (χ1v) is 7.24. The number of amides is 1. The van der Waals surface area contributed by atoms with Crippen LogP contribution in [-0.2, 0) is 11.2 Å². The Kier molecular flexibility index (Phi) is 4.45. The molecule has 0 radical (unpaired) electrons. The number of carbonyl (C=O) groups excluding carboxylic acids is 1. The lowest BCUT2D eigenvalue weighted by Crippen LogP contribution is -2.57. The zero-order valence-electron chi connectivity index (χ0n) is 12.4. The van der Waals surface area contributed by atoms with Crippen LogP contribution in [0.25, 0.3) is 0 Å². The van der Waals surface area contributed by atoms with Crippen molar-refractivity contribution < 1.29 is 4.79 Å². The Hall–Kier alpha value is -1.39. The lowest BCUT2D eigenvalue weighted by Gasteiger charge is -2.43. The van der Waals surface area contributed by atoms with E-state index in [0.717, 1.165) is 12.0 Å². The highest BCUT2D eigenvalue weighted by Gasteiger charge is 2.36. The van der Waals surface area contributed by atoms with E-state index in [9.17, 15) is 4.79 Å². The molecule has 2 atom stereocenters. The molecular formula is C16H25N3O. The van der Waals surface area contributed by atoms with Gasteiger partial charge >= 0.3 is 0 Å². The minimum atomic E-state index is -0.470. The van der Waals surface area contributed by atoms with Crippen LogP contribution in [0.3, 0.4) is 0 Å². The van der Waals surface area contributed by atoms with Gasteiger partial charge in [-0.15, -0.1) is 0 Å². The molecule has 1 aliphatic heterocycles. The van der Waals surface area contributed by atoms with Gasteiger partial charge in [-0.05, 0) is 23.8 Å². The largest absolute Gasteiger partial charge is 0.341 e. The summed E-state index contributed by atoms with van der Waals surface area (Å²) < 4.78 is 0. The Balaban J connectivity index is 1.97. The minimum Gasteiger partial charge on any atom is -0.341 e. The average Bonchev–Trinajstić information content (AvgIpc) is 2.42. The van der Waals surface area contributed by atoms with Crippen molar-refractivity contribution in [2.45, 2.75) is 38.8 Å². The van der Waals surface area contributed by atoms with Crippen LogP contribution in [0.1, 0.15) is 25.8 Å². The second-order valence-electron chi connectivity index (χ2n) is 6.44. The van der Waals surface area contributed by atoms with E-state index in [1.165, 1.54) is 0 Å². The number of nitrogens with two attached hydrogens (primary N) is 2. The van der Waals surface area contributed by atoms with Crippen LogP contribution in [0.15, 0.2) is 30.3 Å². The second kappa shape index (κ2) is 5.94. The molecule has 1 aromatic carbocycles. The Morgan fingerprint density at radius 1 is 1.40 bits per heavy atom. The van der Waals surface area contributed by atoms with Crippen LogP contribution in [0.5, 0.6) is 0 Å². The topological polar surface area (TPSA) is 72.3 Å². The number of carbonyl (C=O) groups is 1. The monoisotopic (exact) mass is 275 g/mol. The number of hydrogen-bond acceptors (Lipinski definition) is 3. The van der Waals surface area contributed by atoms with Crippen molar-refractivity contribution in [2.75, 3.05) is 13.1 Å². The van der Waals surface area contributed by atoms with Crippen LogP contribution in [0.4, 0.5) is 0 Å². The number of hydrogen-bond donors (Lipinski definition) is 2. The standard InChI is InChI=1S/C16H25N3O/c1-16(2)11-19(9-8-14(16)18)15(20)13(17)10-12-6-4-3-5-7-12/h3-7,13-14H,8-11,17-18H2,1-2H3. The summed E-state index contributed by atoms with van der Waals surface area (Å²) in [7, 11) is 0. The first-order valence-electron chi connectivity index (χ1n) is 7.24. The van der Waals surface area contributed by atoms with Crippen molar-refractivity contribution in [1.29, 1.82) is 0 Å². The van der Waals surface area contributed by atoms with Crippen molar-refractivity contribution in [3.8, 4) is 0 Å². The lowest BCUT2D eigenvalue weighted by molar-refractivity contribution is -0.136. The first-order chi connectivity index (χ1) is 9.40. The van der Waals surface area contributed by atoms with E-state index in [4.69, 9.17) is 11.5 Å². The molecule has 110 valence electrons. The molecule has 0 aliphatic carbocycles. The molecule has 20 heavy (non-hydrogen) atoms. The molecule has 4 N–H and O–H groups in total. The van der Waals surface area contributed by atoms with Crippen LogP contribution < -0.4 is 11.5 Å². The normalized spacial score (nSPS) is 23.4. The second-order valence-corrected chi connectivity index (χ2v) is 6.44. The maximum absolute atomic E-state index is 12.5. The highest BCUT2D eigenvalue weighted by atomic mass is 16.2. The number of likely N-dealkylation sites (tertiary alicyclic amines) is 1. The SMILES string of the molecule is CC1(C)CN(C(=O)C(N)Cc2ccccc2)CCC1N. The van der Waals surface area contributed by atoms with Crippen LogP contribution in [-0.4, -0.2) is 36.0 Å². The smallest absolute Gasteiger partial charge is 0.239 e. The quantitative estimate of drug-likeness (QED) is 0.869. The minimum absolute atomic E-state index is 0.0360. The van der Waals surface area contributed by atoms with Gasteiger partial charge in [-0.1, -0.05) is 44.2 Å². The zero-order chi connectivity index (χ0) is 14.8. The predicted octanol–water partition coefficient (Wildman–Crippen LogP) is 1.14. The molecule has 1 aromatic rings. The van der Waals surface area contributed by atoms with E-state index in [1.54, 1.807) is 0 Å². The van der Waals surface area contributed by atoms with Crippen molar-refractivity contribution in [3.63, 3.8) is 0 Å². The lowest BCUT2D eigenvalue weighted by atomic mass is 9.79. The molecule has 0 aromatic heterocycles. The van der Waals surface area contributed by atoms with Gasteiger partial charge < -0.3 is 16.4 Å². The van der Waals surface area contributed by atoms with Crippen molar-refractivity contribution >= 4 is 5.91 Å². The van der Waals surface area contributed by atoms with Gasteiger partial charge in [0.1, 0.15) is 0 Å². The van der Waals surface area contributed by atoms with Gasteiger partial charge in [-0.3, -0.25) is 4.79 Å². The molecule has 4 heteroatoms. The first kappa shape index (κ1) is 15.0. The molecule has 0 spiro atoms. The third kappa shape index (κ3) is 3.38. The molecule has 1 amide bonds. The van der Waals surface area contributed by atoms with Gasteiger partial charge in [0.25, 0.3) is 0 Å². The summed E-state index contributed by atoms with van der Waals surface area (Å²) in [5, 5.41) is 0. The van der Waals surface area contributed by atoms with Gasteiger partial charge in [0.05, 0.1) is 6.04 Å². The summed E-state index contributed by atoms with van der Waals surface area (Å²) in [6.07, 6.45) is 1.43. The van der Waals surface area contributed by atoms with E-state index < -0.39 is 6.04 Å². The fourth-order valence-corrected chi connectivity index (χ4v) is 2.75. The molecular weight excluding hydrogens is 250 g/mol. The Morgan fingerprint density at radius 2 is 2.05 bits per heavy atom. The Bertz CT molecular complexity index is 458. The summed E-state index contributed by atoms with van der Waals surface area (Å²) in [6.45, 7) is 5.63. The summed E-state index contributed by atoms with van der Waals surface area (Å²) in [6, 6.07) is 9.59. The van der Waals surface area contributed by atoms with E-state index in [1.807, 2.05) is 35.2 Å². The average molecular weight is 275 g/mol. The number of benzene rings is 1.